The van der Waals surface area contributed by atoms with E-state index in [-0.39, 0.29) is 11.1 Å². The smallest absolute Gasteiger partial charge is 0.229 e. The predicted octanol–water partition coefficient (Wildman–Crippen LogP) is 8.40. The van der Waals surface area contributed by atoms with Crippen LogP contribution in [0, 0.1) is 13.8 Å². The minimum atomic E-state index is -3.89. The highest BCUT2D eigenvalue weighted by Crippen LogP contribution is 2.61. The summed E-state index contributed by atoms with van der Waals surface area (Å²) in [6, 6.07) is 9.91. The molecule has 0 saturated heterocycles. The second-order valence-corrected chi connectivity index (χ2v) is 13.8. The third kappa shape index (κ3) is 4.87. The monoisotopic (exact) mass is 480 g/mol. The highest BCUT2D eigenvalue weighted by Gasteiger charge is 2.49. The van der Waals surface area contributed by atoms with Crippen molar-refractivity contribution >= 4 is 18.2 Å². The first-order chi connectivity index (χ1) is 16.0. The summed E-state index contributed by atoms with van der Waals surface area (Å²) in [5.41, 5.74) is 4.34. The highest BCUT2D eigenvalue weighted by atomic mass is 31.2. The van der Waals surface area contributed by atoms with Crippen molar-refractivity contribution in [3.63, 3.8) is 0 Å². The van der Waals surface area contributed by atoms with Gasteiger partial charge in [-0.15, -0.1) is 0 Å². The summed E-state index contributed by atoms with van der Waals surface area (Å²) in [5.74, 6) is 0. The van der Waals surface area contributed by atoms with Crippen LogP contribution in [0.3, 0.4) is 0 Å². The van der Waals surface area contributed by atoms with Crippen molar-refractivity contribution in [1.82, 2.24) is 0 Å². The normalized spacial score (nSPS) is 16.8. The summed E-state index contributed by atoms with van der Waals surface area (Å²) < 4.78 is 15.0. The lowest BCUT2D eigenvalue weighted by Gasteiger charge is -2.31. The number of benzene rings is 2. The minimum absolute atomic E-state index is 0.0594. The van der Waals surface area contributed by atoms with Gasteiger partial charge in [-0.2, -0.15) is 0 Å². The molecule has 0 aliphatic heterocycles. The van der Waals surface area contributed by atoms with Crippen LogP contribution in [0.5, 0.6) is 0 Å². The van der Waals surface area contributed by atoms with E-state index in [1.54, 1.807) is 0 Å². The molecule has 0 radical (unpaired) electrons. The molecular weight excluding hydrogens is 439 g/mol. The molecule has 0 bridgehead atoms. The third-order valence-electron chi connectivity index (χ3n) is 7.52. The molecule has 3 nitrogen and oxygen atoms in total. The van der Waals surface area contributed by atoms with Crippen LogP contribution in [0.2, 0.25) is 0 Å². The first-order valence-corrected chi connectivity index (χ1v) is 14.7. The molecule has 0 aromatic heterocycles. The summed E-state index contributed by atoms with van der Waals surface area (Å²) >= 11 is 0. The summed E-state index contributed by atoms with van der Waals surface area (Å²) in [4.78, 5) is 28.6. The number of hydrogen-bond acceptors (Lipinski definition) is 3. The molecule has 0 N–H and O–H groups in total. The van der Waals surface area contributed by atoms with E-state index in [4.69, 9.17) is 0 Å². The second kappa shape index (κ2) is 10.3. The highest BCUT2D eigenvalue weighted by molar-refractivity contribution is 7.96. The molecule has 0 amide bonds. The molecule has 1 unspecified atom stereocenters. The summed E-state index contributed by atoms with van der Waals surface area (Å²) in [5, 5.41) is 0. The Bertz CT molecular complexity index is 1080. The van der Waals surface area contributed by atoms with E-state index in [1.807, 2.05) is 58.0 Å². The van der Waals surface area contributed by atoms with E-state index < -0.39 is 18.2 Å². The van der Waals surface area contributed by atoms with Gasteiger partial charge in [-0.1, -0.05) is 84.2 Å². The van der Waals surface area contributed by atoms with Crippen molar-refractivity contribution < 1.29 is 14.2 Å². The first kappa shape index (κ1) is 26.6. The standard InChI is InChI=1S/C30H41O3P/c1-8-22-14-13-15-23(9-2)27(22)29(32)34(33,25-16-11-10-12-17-25)28(31)26-20(3)18-24(19-21(26)4)30(5,6)7/h13-15,18-19,25H,8-12,16-17H2,1-7H3. The lowest BCUT2D eigenvalue weighted by atomic mass is 9.84. The molecule has 1 fully saturated rings. The number of carbonyl (C=O) groups excluding carboxylic acids is 2. The lowest BCUT2D eigenvalue weighted by Crippen LogP contribution is -2.26. The zero-order chi connectivity index (χ0) is 25.3. The molecule has 3 rings (SSSR count). The van der Waals surface area contributed by atoms with Crippen LogP contribution in [0.1, 0.15) is 115 Å². The van der Waals surface area contributed by atoms with Gasteiger partial charge >= 0.3 is 0 Å². The van der Waals surface area contributed by atoms with Gasteiger partial charge in [-0.05, 0) is 72.8 Å². The molecule has 184 valence electrons. The molecule has 2 aromatic carbocycles. The van der Waals surface area contributed by atoms with E-state index in [0.717, 1.165) is 47.1 Å². The summed E-state index contributed by atoms with van der Waals surface area (Å²) in [7, 11) is -3.89. The maximum absolute atomic E-state index is 15.0. The molecule has 1 aliphatic carbocycles. The van der Waals surface area contributed by atoms with Crippen LogP contribution in [0.25, 0.3) is 0 Å². The van der Waals surface area contributed by atoms with Crippen LogP contribution < -0.4 is 0 Å². The average Bonchev–Trinajstić information content (AvgIpc) is 2.81. The minimum Gasteiger partial charge on any atom is -0.306 e. The Hall–Kier alpha value is -1.99. The van der Waals surface area contributed by atoms with Gasteiger partial charge in [0.15, 0.2) is 0 Å². The molecule has 0 heterocycles. The molecular formula is C30H41O3P. The number of carbonyl (C=O) groups is 2. The SMILES string of the molecule is CCc1cccc(CC)c1C(=O)P(=O)(C(=O)c1c(C)cc(C(C)(C)C)cc1C)C1CCCCC1. The summed E-state index contributed by atoms with van der Waals surface area (Å²) in [6.45, 7) is 14.3. The fourth-order valence-corrected chi connectivity index (χ4v) is 8.70. The molecule has 4 heteroatoms. The van der Waals surface area contributed by atoms with Crippen LogP contribution in [0.15, 0.2) is 30.3 Å². The van der Waals surface area contributed by atoms with Gasteiger partial charge in [-0.25, -0.2) is 0 Å². The molecule has 34 heavy (non-hydrogen) atoms. The van der Waals surface area contributed by atoms with Crippen LogP contribution >= 0.6 is 7.14 Å². The Morgan fingerprint density at radius 2 is 1.32 bits per heavy atom. The van der Waals surface area contributed by atoms with E-state index in [0.29, 0.717) is 36.8 Å². The van der Waals surface area contributed by atoms with Crippen LogP contribution in [0.4, 0.5) is 0 Å². The Labute approximate surface area is 206 Å². The van der Waals surface area contributed by atoms with Crippen molar-refractivity contribution in [2.24, 2.45) is 0 Å². The van der Waals surface area contributed by atoms with Crippen LogP contribution in [-0.2, 0) is 22.8 Å². The van der Waals surface area contributed by atoms with Crippen molar-refractivity contribution in [3.8, 4) is 0 Å². The van der Waals surface area contributed by atoms with Gasteiger partial charge in [0.25, 0.3) is 0 Å². The van der Waals surface area contributed by atoms with Crippen molar-refractivity contribution in [2.45, 2.75) is 104 Å². The van der Waals surface area contributed by atoms with Gasteiger partial charge in [0.1, 0.15) is 0 Å². The Morgan fingerprint density at radius 1 is 0.853 bits per heavy atom. The summed E-state index contributed by atoms with van der Waals surface area (Å²) in [6.07, 6.45) is 5.63. The molecule has 2 aromatic rings. The van der Waals surface area contributed by atoms with Gasteiger partial charge in [0.2, 0.25) is 18.2 Å². The van der Waals surface area contributed by atoms with Gasteiger partial charge < -0.3 is 4.57 Å². The van der Waals surface area contributed by atoms with Crippen LogP contribution in [-0.4, -0.2) is 16.7 Å². The number of rotatable bonds is 7. The quantitative estimate of drug-likeness (QED) is 0.374. The van der Waals surface area contributed by atoms with Crippen molar-refractivity contribution in [2.75, 3.05) is 0 Å². The average molecular weight is 481 g/mol. The van der Waals surface area contributed by atoms with Crippen molar-refractivity contribution in [3.05, 3.63) is 69.3 Å². The largest absolute Gasteiger partial charge is 0.306 e. The maximum Gasteiger partial charge on any atom is 0.229 e. The van der Waals surface area contributed by atoms with Gasteiger partial charge in [0, 0.05) is 16.8 Å². The molecule has 0 spiro atoms. The lowest BCUT2D eigenvalue weighted by molar-refractivity contribution is 0.103. The van der Waals surface area contributed by atoms with E-state index in [2.05, 4.69) is 20.8 Å². The molecule has 1 saturated carbocycles. The zero-order valence-electron chi connectivity index (χ0n) is 22.1. The van der Waals surface area contributed by atoms with E-state index in [9.17, 15) is 14.2 Å². The fraction of sp³-hybridized carbons (Fsp3) is 0.533. The Balaban J connectivity index is 2.23. The van der Waals surface area contributed by atoms with Gasteiger partial charge in [-0.3, -0.25) is 9.59 Å². The fourth-order valence-electron chi connectivity index (χ4n) is 5.45. The Kier molecular flexibility index (Phi) is 8.08. The third-order valence-corrected chi connectivity index (χ3v) is 10.7. The Morgan fingerprint density at radius 3 is 1.76 bits per heavy atom. The molecule has 1 atom stereocenters. The number of hydrogen-bond donors (Lipinski definition) is 0. The van der Waals surface area contributed by atoms with E-state index >= 15 is 0 Å². The number of aryl methyl sites for hydroxylation is 4. The zero-order valence-corrected chi connectivity index (χ0v) is 23.0. The molecule has 1 aliphatic rings. The first-order valence-electron chi connectivity index (χ1n) is 12.9. The maximum atomic E-state index is 15.0. The topological polar surface area (TPSA) is 51.2 Å². The van der Waals surface area contributed by atoms with Gasteiger partial charge in [0.05, 0.1) is 0 Å². The predicted molar refractivity (Wildman–Crippen MR) is 143 cm³/mol. The second-order valence-electron chi connectivity index (χ2n) is 11.0. The van der Waals surface area contributed by atoms with Crippen molar-refractivity contribution in [1.29, 1.82) is 0 Å². The van der Waals surface area contributed by atoms with E-state index in [1.165, 1.54) is 0 Å².